The van der Waals surface area contributed by atoms with Crippen LogP contribution in [0.15, 0.2) is 54.6 Å². The highest BCUT2D eigenvalue weighted by Crippen LogP contribution is 2.12. The van der Waals surface area contributed by atoms with Crippen LogP contribution in [-0.4, -0.2) is 55.9 Å². The van der Waals surface area contributed by atoms with Crippen molar-refractivity contribution < 1.29 is 24.2 Å². The predicted molar refractivity (Wildman–Crippen MR) is 106 cm³/mol. The van der Waals surface area contributed by atoms with Crippen molar-refractivity contribution in [3.05, 3.63) is 65.7 Å². The number of benzene rings is 2. The normalized spacial score (nSPS) is 12.7. The first kappa shape index (κ1) is 21.4. The van der Waals surface area contributed by atoms with Gasteiger partial charge in [-0.05, 0) is 37.3 Å². The lowest BCUT2D eigenvalue weighted by Gasteiger charge is -2.23. The van der Waals surface area contributed by atoms with Gasteiger partial charge in [-0.2, -0.15) is 0 Å². The molecule has 0 aromatic heterocycles. The maximum absolute atomic E-state index is 12.3. The molecule has 2 rings (SSSR count). The Bertz CT molecular complexity index is 766. The van der Waals surface area contributed by atoms with Gasteiger partial charge in [-0.15, -0.1) is 0 Å². The summed E-state index contributed by atoms with van der Waals surface area (Å²) in [7, 11) is 1.53. The number of aliphatic hydroxyl groups is 1. The van der Waals surface area contributed by atoms with Crippen LogP contribution in [0.3, 0.4) is 0 Å². The number of hydrogen-bond donors (Lipinski definition) is 3. The van der Waals surface area contributed by atoms with Crippen molar-refractivity contribution in [3.8, 4) is 5.75 Å². The third-order valence-electron chi connectivity index (χ3n) is 4.11. The van der Waals surface area contributed by atoms with Gasteiger partial charge in [0, 0.05) is 30.8 Å². The summed E-state index contributed by atoms with van der Waals surface area (Å²) in [6.45, 7) is 2.27. The molecular formula is C21H26N2O5. The molecule has 0 heterocycles. The van der Waals surface area contributed by atoms with Crippen molar-refractivity contribution in [2.45, 2.75) is 19.1 Å². The number of ether oxygens (including phenoxy) is 2. The van der Waals surface area contributed by atoms with E-state index in [4.69, 9.17) is 9.47 Å². The lowest BCUT2D eigenvalue weighted by atomic mass is 10.1. The summed E-state index contributed by atoms with van der Waals surface area (Å²) in [6.07, 6.45) is -1.63. The number of carbonyl (C=O) groups is 2. The summed E-state index contributed by atoms with van der Waals surface area (Å²) >= 11 is 0. The average molecular weight is 386 g/mol. The lowest BCUT2D eigenvalue weighted by molar-refractivity contribution is -0.0287. The Morgan fingerprint density at radius 1 is 0.964 bits per heavy atom. The fourth-order valence-corrected chi connectivity index (χ4v) is 2.60. The molecule has 0 spiro atoms. The zero-order chi connectivity index (χ0) is 20.4. The highest BCUT2D eigenvalue weighted by atomic mass is 16.5. The Morgan fingerprint density at radius 2 is 1.61 bits per heavy atom. The average Bonchev–Trinajstić information content (AvgIpc) is 2.75. The largest absolute Gasteiger partial charge is 0.497 e. The van der Waals surface area contributed by atoms with Crippen LogP contribution in [0.2, 0.25) is 0 Å². The van der Waals surface area contributed by atoms with Crippen LogP contribution in [0.1, 0.15) is 27.6 Å². The first-order valence-corrected chi connectivity index (χ1v) is 9.10. The van der Waals surface area contributed by atoms with Gasteiger partial charge in [0.25, 0.3) is 11.8 Å². The Kier molecular flexibility index (Phi) is 8.45. The van der Waals surface area contributed by atoms with Crippen LogP contribution < -0.4 is 15.4 Å². The van der Waals surface area contributed by atoms with E-state index in [9.17, 15) is 14.7 Å². The summed E-state index contributed by atoms with van der Waals surface area (Å²) in [6, 6.07) is 15.5. The van der Waals surface area contributed by atoms with Crippen molar-refractivity contribution in [1.29, 1.82) is 0 Å². The number of nitrogens with one attached hydrogen (secondary N) is 2. The molecule has 2 aromatic carbocycles. The van der Waals surface area contributed by atoms with Gasteiger partial charge in [0.05, 0.1) is 13.2 Å². The molecule has 0 radical (unpaired) electrons. The lowest BCUT2D eigenvalue weighted by Crippen LogP contribution is -2.46. The zero-order valence-corrected chi connectivity index (χ0v) is 16.1. The maximum Gasteiger partial charge on any atom is 0.251 e. The summed E-state index contributed by atoms with van der Waals surface area (Å²) in [5, 5.41) is 15.8. The van der Waals surface area contributed by atoms with Crippen LogP contribution in [0.5, 0.6) is 5.75 Å². The van der Waals surface area contributed by atoms with E-state index in [1.54, 1.807) is 55.5 Å². The molecule has 3 N–H and O–H groups in total. The summed E-state index contributed by atoms with van der Waals surface area (Å²) in [5.41, 5.74) is 0.954. The van der Waals surface area contributed by atoms with Gasteiger partial charge in [0.15, 0.2) is 0 Å². The Morgan fingerprint density at radius 3 is 2.29 bits per heavy atom. The van der Waals surface area contributed by atoms with Gasteiger partial charge in [-0.1, -0.05) is 24.3 Å². The van der Waals surface area contributed by atoms with Gasteiger partial charge in [0.2, 0.25) is 0 Å². The van der Waals surface area contributed by atoms with E-state index < -0.39 is 12.2 Å². The van der Waals surface area contributed by atoms with Gasteiger partial charge in [0.1, 0.15) is 11.9 Å². The molecule has 0 fully saturated rings. The highest BCUT2D eigenvalue weighted by Gasteiger charge is 2.21. The third-order valence-corrected chi connectivity index (χ3v) is 4.11. The second kappa shape index (κ2) is 11.1. The number of aliphatic hydroxyl groups excluding tert-OH is 1. The van der Waals surface area contributed by atoms with Crippen LogP contribution in [0, 0.1) is 0 Å². The molecule has 0 aliphatic carbocycles. The van der Waals surface area contributed by atoms with Gasteiger partial charge in [-0.25, -0.2) is 0 Å². The molecule has 150 valence electrons. The molecule has 2 amide bonds. The fraction of sp³-hybridized carbons (Fsp3) is 0.333. The quantitative estimate of drug-likeness (QED) is 0.577. The minimum Gasteiger partial charge on any atom is -0.497 e. The van der Waals surface area contributed by atoms with Gasteiger partial charge >= 0.3 is 0 Å². The first-order chi connectivity index (χ1) is 13.5. The third kappa shape index (κ3) is 6.37. The molecule has 0 aliphatic heterocycles. The minimum absolute atomic E-state index is 0.00737. The minimum atomic E-state index is -0.974. The van der Waals surface area contributed by atoms with Crippen LogP contribution in [0.4, 0.5) is 0 Å². The molecule has 7 nitrogen and oxygen atoms in total. The molecular weight excluding hydrogens is 360 g/mol. The van der Waals surface area contributed by atoms with E-state index in [1.807, 2.05) is 6.07 Å². The number of methoxy groups -OCH3 is 1. The first-order valence-electron chi connectivity index (χ1n) is 9.10. The topological polar surface area (TPSA) is 96.9 Å². The molecule has 2 atom stereocenters. The Balaban J connectivity index is 1.88. The van der Waals surface area contributed by atoms with Crippen molar-refractivity contribution in [2.75, 3.05) is 26.8 Å². The molecule has 0 saturated heterocycles. The molecule has 0 unspecified atom stereocenters. The van der Waals surface area contributed by atoms with Crippen LogP contribution >= 0.6 is 0 Å². The SMILES string of the molecule is CCO[C@H](CNC(=O)c1cccc(OC)c1)[C@@H](O)CNC(=O)c1ccccc1. The predicted octanol–water partition coefficient (Wildman–Crippen LogP) is 1.62. The summed E-state index contributed by atoms with van der Waals surface area (Å²) < 4.78 is 10.6. The second-order valence-corrected chi connectivity index (χ2v) is 6.08. The van der Waals surface area contributed by atoms with E-state index in [1.165, 1.54) is 7.11 Å². The van der Waals surface area contributed by atoms with Gasteiger partial charge in [-0.3, -0.25) is 9.59 Å². The van der Waals surface area contributed by atoms with Crippen molar-refractivity contribution >= 4 is 11.8 Å². The van der Waals surface area contributed by atoms with Crippen molar-refractivity contribution in [3.63, 3.8) is 0 Å². The highest BCUT2D eigenvalue weighted by molar-refractivity contribution is 5.94. The van der Waals surface area contributed by atoms with E-state index in [-0.39, 0.29) is 24.9 Å². The number of carbonyl (C=O) groups excluding carboxylic acids is 2. The molecule has 2 aromatic rings. The smallest absolute Gasteiger partial charge is 0.251 e. The number of rotatable bonds is 10. The molecule has 7 heteroatoms. The van der Waals surface area contributed by atoms with Crippen LogP contribution in [-0.2, 0) is 4.74 Å². The van der Waals surface area contributed by atoms with E-state index >= 15 is 0 Å². The van der Waals surface area contributed by atoms with Crippen molar-refractivity contribution in [2.24, 2.45) is 0 Å². The van der Waals surface area contributed by atoms with Crippen LogP contribution in [0.25, 0.3) is 0 Å². The number of hydrogen-bond acceptors (Lipinski definition) is 5. The standard InChI is InChI=1S/C21H26N2O5/c1-3-28-19(14-23-21(26)16-10-7-11-17(12-16)27-2)18(24)13-22-20(25)15-8-5-4-6-9-15/h4-12,18-19,24H,3,13-14H2,1-2H3,(H,22,25)(H,23,26)/t18-,19+/m0/s1. The van der Waals surface area contributed by atoms with Gasteiger partial charge < -0.3 is 25.2 Å². The summed E-state index contributed by atoms with van der Waals surface area (Å²) in [5.74, 6) is -0.00268. The Hall–Kier alpha value is -2.90. The fourth-order valence-electron chi connectivity index (χ4n) is 2.60. The summed E-state index contributed by atoms with van der Waals surface area (Å²) in [4.78, 5) is 24.4. The second-order valence-electron chi connectivity index (χ2n) is 6.08. The molecule has 28 heavy (non-hydrogen) atoms. The molecule has 0 saturated carbocycles. The molecule has 0 aliphatic rings. The zero-order valence-electron chi connectivity index (χ0n) is 16.1. The van der Waals surface area contributed by atoms with Crippen molar-refractivity contribution in [1.82, 2.24) is 10.6 Å². The molecule has 0 bridgehead atoms. The number of amides is 2. The van der Waals surface area contributed by atoms with E-state index in [0.717, 1.165) is 0 Å². The van der Waals surface area contributed by atoms with E-state index in [0.29, 0.717) is 23.5 Å². The monoisotopic (exact) mass is 386 g/mol. The maximum atomic E-state index is 12.3. The Labute approximate surface area is 164 Å². The van der Waals surface area contributed by atoms with E-state index in [2.05, 4.69) is 10.6 Å².